The Kier molecular flexibility index (Phi) is 4.90. The van der Waals surface area contributed by atoms with Crippen molar-refractivity contribution >= 4 is 39.2 Å². The molecule has 21 heavy (non-hydrogen) atoms. The van der Waals surface area contributed by atoms with Crippen molar-refractivity contribution < 1.29 is 9.53 Å². The number of halogens is 2. The number of aryl methyl sites for hydroxylation is 2. The average Bonchev–Trinajstić information content (AvgIpc) is 2.74. The van der Waals surface area contributed by atoms with Crippen molar-refractivity contribution in [2.24, 2.45) is 7.05 Å². The van der Waals surface area contributed by atoms with Crippen LogP contribution < -0.4 is 5.73 Å². The molecule has 1 aromatic carbocycles. The summed E-state index contributed by atoms with van der Waals surface area (Å²) in [5.41, 5.74) is 7.99. The number of benzene rings is 1. The zero-order valence-electron chi connectivity index (χ0n) is 11.7. The highest BCUT2D eigenvalue weighted by Gasteiger charge is 2.17. The van der Waals surface area contributed by atoms with Crippen LogP contribution in [-0.4, -0.2) is 15.7 Å². The molecule has 0 unspecified atom stereocenters. The number of carbonyl (C=O) groups is 1. The van der Waals surface area contributed by atoms with Gasteiger partial charge in [0.2, 0.25) is 0 Å². The molecular weight excluding hydrogens is 358 g/mol. The summed E-state index contributed by atoms with van der Waals surface area (Å²) >= 11 is 9.48. The first-order valence-electron chi connectivity index (χ1n) is 6.37. The van der Waals surface area contributed by atoms with Gasteiger partial charge < -0.3 is 10.5 Å². The van der Waals surface area contributed by atoms with Crippen molar-refractivity contribution in [1.29, 1.82) is 0 Å². The average molecular weight is 373 g/mol. The summed E-state index contributed by atoms with van der Waals surface area (Å²) < 4.78 is 7.85. The highest BCUT2D eigenvalue weighted by Crippen LogP contribution is 2.25. The van der Waals surface area contributed by atoms with Crippen LogP contribution in [0.2, 0.25) is 5.02 Å². The lowest BCUT2D eigenvalue weighted by atomic mass is 10.2. The number of anilines is 1. The standard InChI is InChI=1S/C14H15BrClN3O2/c1-3-10-12(15)11(19(2)18-10)7-21-14(20)8-5-4-6-9(17)13(8)16/h4-6H,3,7,17H2,1-2H3. The van der Waals surface area contributed by atoms with Gasteiger partial charge in [0, 0.05) is 7.05 Å². The minimum absolute atomic E-state index is 0.105. The second kappa shape index (κ2) is 6.49. The van der Waals surface area contributed by atoms with Crippen LogP contribution in [-0.2, 0) is 24.8 Å². The molecule has 0 aliphatic rings. The fraction of sp³-hybridized carbons (Fsp3) is 0.286. The number of hydrogen-bond acceptors (Lipinski definition) is 4. The van der Waals surface area contributed by atoms with E-state index in [1.165, 1.54) is 0 Å². The van der Waals surface area contributed by atoms with Gasteiger partial charge in [-0.1, -0.05) is 24.6 Å². The Bertz CT molecular complexity index is 685. The molecule has 2 aromatic rings. The quantitative estimate of drug-likeness (QED) is 0.660. The molecule has 0 spiro atoms. The smallest absolute Gasteiger partial charge is 0.340 e. The number of rotatable bonds is 4. The third-order valence-electron chi connectivity index (χ3n) is 3.09. The number of nitrogens with zero attached hydrogens (tertiary/aromatic N) is 2. The highest BCUT2D eigenvalue weighted by atomic mass is 79.9. The summed E-state index contributed by atoms with van der Waals surface area (Å²) in [6, 6.07) is 4.87. The van der Waals surface area contributed by atoms with E-state index in [0.29, 0.717) is 5.69 Å². The van der Waals surface area contributed by atoms with Gasteiger partial charge in [-0.25, -0.2) is 4.79 Å². The normalized spacial score (nSPS) is 10.7. The summed E-state index contributed by atoms with van der Waals surface area (Å²) in [5, 5.41) is 4.55. The molecule has 1 heterocycles. The van der Waals surface area contributed by atoms with E-state index in [-0.39, 0.29) is 17.2 Å². The molecule has 0 atom stereocenters. The summed E-state index contributed by atoms with van der Waals surface area (Å²) in [7, 11) is 1.81. The topological polar surface area (TPSA) is 70.1 Å². The molecule has 112 valence electrons. The SMILES string of the molecule is CCc1nn(C)c(COC(=O)c2cccc(N)c2Cl)c1Br. The first-order chi connectivity index (χ1) is 9.95. The third-order valence-corrected chi connectivity index (χ3v) is 4.43. The molecule has 0 saturated heterocycles. The molecule has 7 heteroatoms. The van der Waals surface area contributed by atoms with E-state index in [4.69, 9.17) is 22.1 Å². The minimum atomic E-state index is -0.515. The highest BCUT2D eigenvalue weighted by molar-refractivity contribution is 9.10. The third kappa shape index (κ3) is 3.22. The first kappa shape index (κ1) is 15.9. The Labute approximate surface area is 136 Å². The van der Waals surface area contributed by atoms with Crippen molar-refractivity contribution in [2.75, 3.05) is 5.73 Å². The fourth-order valence-electron chi connectivity index (χ4n) is 1.90. The molecule has 0 radical (unpaired) electrons. The molecule has 0 saturated carbocycles. The maximum absolute atomic E-state index is 12.1. The van der Waals surface area contributed by atoms with Gasteiger partial charge in [-0.2, -0.15) is 5.10 Å². The number of esters is 1. The summed E-state index contributed by atoms with van der Waals surface area (Å²) in [6.45, 7) is 2.11. The zero-order chi connectivity index (χ0) is 15.6. The lowest BCUT2D eigenvalue weighted by Gasteiger charge is -2.08. The van der Waals surface area contributed by atoms with Crippen LogP contribution in [0.3, 0.4) is 0 Å². The van der Waals surface area contributed by atoms with Crippen LogP contribution >= 0.6 is 27.5 Å². The first-order valence-corrected chi connectivity index (χ1v) is 7.54. The second-order valence-corrected chi connectivity index (χ2v) is 5.64. The molecule has 2 rings (SSSR count). The monoisotopic (exact) mass is 371 g/mol. The number of nitrogen functional groups attached to an aromatic ring is 1. The van der Waals surface area contributed by atoms with Crippen molar-refractivity contribution in [2.45, 2.75) is 20.0 Å². The van der Waals surface area contributed by atoms with Crippen molar-refractivity contribution in [3.63, 3.8) is 0 Å². The minimum Gasteiger partial charge on any atom is -0.456 e. The molecule has 0 aliphatic heterocycles. The predicted octanol–water partition coefficient (Wildman–Crippen LogP) is 3.34. The lowest BCUT2D eigenvalue weighted by molar-refractivity contribution is 0.0463. The predicted molar refractivity (Wildman–Crippen MR) is 85.3 cm³/mol. The number of ether oxygens (including phenoxy) is 1. The number of carbonyl (C=O) groups excluding carboxylic acids is 1. The van der Waals surface area contributed by atoms with Gasteiger partial charge in [0.25, 0.3) is 0 Å². The van der Waals surface area contributed by atoms with Gasteiger partial charge in [0.05, 0.1) is 32.1 Å². The Morgan fingerprint density at radius 3 is 2.86 bits per heavy atom. The van der Waals surface area contributed by atoms with E-state index >= 15 is 0 Å². The molecule has 5 nitrogen and oxygen atoms in total. The molecule has 2 N–H and O–H groups in total. The number of aromatic nitrogens is 2. The zero-order valence-corrected chi connectivity index (χ0v) is 14.0. The van der Waals surface area contributed by atoms with Crippen LogP contribution in [0.5, 0.6) is 0 Å². The molecular formula is C14H15BrClN3O2. The van der Waals surface area contributed by atoms with Gasteiger partial charge in [0.15, 0.2) is 0 Å². The van der Waals surface area contributed by atoms with Crippen LogP contribution in [0.15, 0.2) is 22.7 Å². The van der Waals surface area contributed by atoms with Crippen LogP contribution in [0.4, 0.5) is 5.69 Å². The summed E-state index contributed by atoms with van der Waals surface area (Å²) in [6.07, 6.45) is 0.795. The molecule has 1 aromatic heterocycles. The van der Waals surface area contributed by atoms with Crippen LogP contribution in [0, 0.1) is 0 Å². The lowest BCUT2D eigenvalue weighted by Crippen LogP contribution is -2.09. The molecule has 0 aliphatic carbocycles. The summed E-state index contributed by atoms with van der Waals surface area (Å²) in [4.78, 5) is 12.1. The van der Waals surface area contributed by atoms with Crippen molar-refractivity contribution in [3.8, 4) is 0 Å². The molecule has 0 bridgehead atoms. The van der Waals surface area contributed by atoms with E-state index in [2.05, 4.69) is 21.0 Å². The molecule has 0 fully saturated rings. The Morgan fingerprint density at radius 2 is 2.24 bits per heavy atom. The van der Waals surface area contributed by atoms with E-state index in [1.54, 1.807) is 29.9 Å². The number of hydrogen-bond donors (Lipinski definition) is 1. The maximum atomic E-state index is 12.1. The van der Waals surface area contributed by atoms with E-state index in [1.807, 2.05) is 6.92 Å². The largest absolute Gasteiger partial charge is 0.456 e. The van der Waals surface area contributed by atoms with E-state index in [0.717, 1.165) is 22.3 Å². The van der Waals surface area contributed by atoms with Crippen LogP contribution in [0.1, 0.15) is 28.7 Å². The van der Waals surface area contributed by atoms with Crippen LogP contribution in [0.25, 0.3) is 0 Å². The Hall–Kier alpha value is -1.53. The van der Waals surface area contributed by atoms with Gasteiger partial charge in [-0.15, -0.1) is 0 Å². The van der Waals surface area contributed by atoms with Crippen molar-refractivity contribution in [3.05, 3.63) is 44.6 Å². The van der Waals surface area contributed by atoms with Gasteiger partial charge in [-0.3, -0.25) is 4.68 Å². The van der Waals surface area contributed by atoms with Gasteiger partial charge in [-0.05, 0) is 34.5 Å². The Morgan fingerprint density at radius 1 is 1.52 bits per heavy atom. The van der Waals surface area contributed by atoms with E-state index in [9.17, 15) is 4.79 Å². The summed E-state index contributed by atoms with van der Waals surface area (Å²) in [5.74, 6) is -0.515. The van der Waals surface area contributed by atoms with E-state index < -0.39 is 5.97 Å². The Balaban J connectivity index is 2.15. The second-order valence-electron chi connectivity index (χ2n) is 4.47. The van der Waals surface area contributed by atoms with Gasteiger partial charge >= 0.3 is 5.97 Å². The van der Waals surface area contributed by atoms with Crippen molar-refractivity contribution in [1.82, 2.24) is 9.78 Å². The van der Waals surface area contributed by atoms with Gasteiger partial charge in [0.1, 0.15) is 6.61 Å². The number of nitrogens with two attached hydrogens (primary N) is 1. The maximum Gasteiger partial charge on any atom is 0.340 e. The fourth-order valence-corrected chi connectivity index (χ4v) is 2.83. The molecule has 0 amide bonds.